The van der Waals surface area contributed by atoms with Gasteiger partial charge < -0.3 is 4.74 Å². The van der Waals surface area contributed by atoms with Crippen molar-refractivity contribution in [2.24, 2.45) is 11.8 Å². The third kappa shape index (κ3) is 4.68. The zero-order valence-corrected chi connectivity index (χ0v) is 12.2. The van der Waals surface area contributed by atoms with Crippen LogP contribution in [0.15, 0.2) is 0 Å². The second-order valence-electron chi connectivity index (χ2n) is 6.35. The first-order chi connectivity index (χ1) is 7.40. The summed E-state index contributed by atoms with van der Waals surface area (Å²) < 4.78 is 5.42. The van der Waals surface area contributed by atoms with E-state index in [0.717, 1.165) is 12.5 Å². The molecule has 0 saturated heterocycles. The van der Waals surface area contributed by atoms with Crippen molar-refractivity contribution in [1.29, 1.82) is 0 Å². The number of hydrogen-bond acceptors (Lipinski definition) is 2. The fourth-order valence-electron chi connectivity index (χ4n) is 2.23. The number of carbonyl (C=O) groups excluding carboxylic acids is 1. The van der Waals surface area contributed by atoms with Crippen molar-refractivity contribution in [2.75, 3.05) is 6.61 Å². The first-order valence-corrected chi connectivity index (χ1v) is 10.3. The van der Waals surface area contributed by atoms with Crippen molar-refractivity contribution >= 4 is 14.0 Å². The Kier molecular flexibility index (Phi) is 5.03. The van der Waals surface area contributed by atoms with Crippen molar-refractivity contribution in [3.05, 3.63) is 0 Å². The maximum absolute atomic E-state index is 11.9. The van der Waals surface area contributed by atoms with Gasteiger partial charge in [0.15, 0.2) is 0 Å². The van der Waals surface area contributed by atoms with Crippen molar-refractivity contribution in [3.8, 4) is 0 Å². The summed E-state index contributed by atoms with van der Waals surface area (Å²) in [6.07, 6.45) is 4.69. The van der Waals surface area contributed by atoms with E-state index in [9.17, 15) is 4.79 Å². The highest BCUT2D eigenvalue weighted by Crippen LogP contribution is 2.30. The molecule has 0 heterocycles. The molecule has 1 fully saturated rings. The molecule has 0 amide bonds. The lowest BCUT2D eigenvalue weighted by molar-refractivity contribution is -0.150. The molecule has 0 N–H and O–H groups in total. The van der Waals surface area contributed by atoms with Crippen molar-refractivity contribution < 1.29 is 9.53 Å². The molecule has 0 spiro atoms. The van der Waals surface area contributed by atoms with Crippen LogP contribution in [0.3, 0.4) is 0 Å². The van der Waals surface area contributed by atoms with E-state index in [1.165, 1.54) is 19.3 Å². The largest absolute Gasteiger partial charge is 0.466 e. The Morgan fingerprint density at radius 1 is 1.25 bits per heavy atom. The minimum atomic E-state index is -1.07. The second kappa shape index (κ2) is 5.85. The van der Waals surface area contributed by atoms with Gasteiger partial charge in [-0.05, 0) is 24.8 Å². The van der Waals surface area contributed by atoms with E-state index in [0.29, 0.717) is 12.5 Å². The number of hydrogen-bond donors (Lipinski definition) is 0. The molecule has 16 heavy (non-hydrogen) atoms. The summed E-state index contributed by atoms with van der Waals surface area (Å²) >= 11 is 0. The van der Waals surface area contributed by atoms with Crippen LogP contribution in [-0.4, -0.2) is 20.7 Å². The molecule has 1 aliphatic carbocycles. The summed E-state index contributed by atoms with van der Waals surface area (Å²) in [5, 5.41) is 0. The van der Waals surface area contributed by atoms with Gasteiger partial charge in [0.25, 0.3) is 0 Å². The van der Waals surface area contributed by atoms with E-state index in [1.807, 2.05) is 0 Å². The minimum absolute atomic E-state index is 0.0606. The lowest BCUT2D eigenvalue weighted by atomic mass is 9.80. The molecule has 0 aliphatic heterocycles. The van der Waals surface area contributed by atoms with E-state index >= 15 is 0 Å². The molecule has 94 valence electrons. The van der Waals surface area contributed by atoms with Gasteiger partial charge >= 0.3 is 5.97 Å². The van der Waals surface area contributed by atoms with Crippen LogP contribution in [0.1, 0.15) is 32.6 Å². The molecule has 3 heteroatoms. The van der Waals surface area contributed by atoms with Crippen LogP contribution in [0, 0.1) is 11.8 Å². The lowest BCUT2D eigenvalue weighted by Crippen LogP contribution is -2.29. The fourth-order valence-corrected chi connectivity index (χ4v) is 2.95. The van der Waals surface area contributed by atoms with E-state index in [2.05, 4.69) is 26.6 Å². The SMILES string of the molecule is C[C@@H]1CCCC[C@@H]1C(=O)OCC[Si](C)(C)C. The van der Waals surface area contributed by atoms with Crippen LogP contribution in [0.4, 0.5) is 0 Å². The Morgan fingerprint density at radius 3 is 2.44 bits per heavy atom. The highest BCUT2D eigenvalue weighted by Gasteiger charge is 2.29. The Labute approximate surface area is 101 Å². The third-order valence-corrected chi connectivity index (χ3v) is 5.21. The number of ether oxygens (including phenoxy) is 1. The summed E-state index contributed by atoms with van der Waals surface area (Å²) in [6.45, 7) is 9.75. The summed E-state index contributed by atoms with van der Waals surface area (Å²) in [6, 6.07) is 1.08. The first-order valence-electron chi connectivity index (χ1n) is 6.57. The molecule has 1 saturated carbocycles. The number of carbonyl (C=O) groups is 1. The van der Waals surface area contributed by atoms with E-state index < -0.39 is 8.07 Å². The average Bonchev–Trinajstić information content (AvgIpc) is 2.16. The molecule has 0 radical (unpaired) electrons. The summed E-state index contributed by atoms with van der Waals surface area (Å²) in [5.74, 6) is 0.758. The van der Waals surface area contributed by atoms with Crippen molar-refractivity contribution in [2.45, 2.75) is 58.3 Å². The topological polar surface area (TPSA) is 26.3 Å². The zero-order chi connectivity index (χ0) is 12.2. The molecule has 0 aromatic carbocycles. The lowest BCUT2D eigenvalue weighted by Gasteiger charge is -2.27. The highest BCUT2D eigenvalue weighted by atomic mass is 28.3. The summed E-state index contributed by atoms with van der Waals surface area (Å²) in [5.41, 5.74) is 0. The van der Waals surface area contributed by atoms with E-state index in [-0.39, 0.29) is 11.9 Å². The molecular formula is C13H26O2Si. The maximum Gasteiger partial charge on any atom is 0.309 e. The van der Waals surface area contributed by atoms with E-state index in [4.69, 9.17) is 4.74 Å². The molecule has 2 nitrogen and oxygen atoms in total. The van der Waals surface area contributed by atoms with Crippen LogP contribution < -0.4 is 0 Å². The maximum atomic E-state index is 11.9. The minimum Gasteiger partial charge on any atom is -0.466 e. The normalized spacial score (nSPS) is 26.5. The summed E-state index contributed by atoms with van der Waals surface area (Å²) in [4.78, 5) is 11.9. The van der Waals surface area contributed by atoms with Crippen LogP contribution in [-0.2, 0) is 9.53 Å². The predicted molar refractivity (Wildman–Crippen MR) is 70.2 cm³/mol. The zero-order valence-electron chi connectivity index (χ0n) is 11.2. The molecular weight excluding hydrogens is 216 g/mol. The van der Waals surface area contributed by atoms with Gasteiger partial charge in [0, 0.05) is 8.07 Å². The Morgan fingerprint density at radius 2 is 1.88 bits per heavy atom. The molecule has 2 atom stereocenters. The van der Waals surface area contributed by atoms with Gasteiger partial charge in [-0.25, -0.2) is 0 Å². The predicted octanol–water partition coefficient (Wildman–Crippen LogP) is 3.69. The van der Waals surface area contributed by atoms with Gasteiger partial charge in [-0.15, -0.1) is 0 Å². The van der Waals surface area contributed by atoms with Crippen LogP contribution >= 0.6 is 0 Å². The quantitative estimate of drug-likeness (QED) is 0.555. The number of rotatable bonds is 4. The van der Waals surface area contributed by atoms with Gasteiger partial charge in [0.1, 0.15) is 0 Å². The second-order valence-corrected chi connectivity index (χ2v) is 12.0. The molecule has 0 aromatic heterocycles. The Bertz CT molecular complexity index is 233. The van der Waals surface area contributed by atoms with Gasteiger partial charge in [0.05, 0.1) is 12.5 Å². The molecule has 1 aliphatic rings. The van der Waals surface area contributed by atoms with Gasteiger partial charge in [-0.1, -0.05) is 39.4 Å². The van der Waals surface area contributed by atoms with Gasteiger partial charge in [-0.3, -0.25) is 4.79 Å². The third-order valence-electron chi connectivity index (χ3n) is 3.51. The van der Waals surface area contributed by atoms with Crippen molar-refractivity contribution in [1.82, 2.24) is 0 Å². The molecule has 0 unspecified atom stereocenters. The van der Waals surface area contributed by atoms with Gasteiger partial charge in [0.2, 0.25) is 0 Å². The molecule has 0 aromatic rings. The van der Waals surface area contributed by atoms with Crippen molar-refractivity contribution in [3.63, 3.8) is 0 Å². The van der Waals surface area contributed by atoms with Crippen LogP contribution in [0.5, 0.6) is 0 Å². The van der Waals surface area contributed by atoms with Gasteiger partial charge in [-0.2, -0.15) is 0 Å². The standard InChI is InChI=1S/C13H26O2Si/c1-11-7-5-6-8-12(11)13(14)15-9-10-16(2,3)4/h11-12H,5-10H2,1-4H3/t11-,12+/m1/s1. The highest BCUT2D eigenvalue weighted by molar-refractivity contribution is 6.76. The summed E-state index contributed by atoms with van der Waals surface area (Å²) in [7, 11) is -1.07. The average molecular weight is 242 g/mol. The molecule has 1 rings (SSSR count). The van der Waals surface area contributed by atoms with Crippen LogP contribution in [0.25, 0.3) is 0 Å². The Hall–Kier alpha value is -0.313. The monoisotopic (exact) mass is 242 g/mol. The number of esters is 1. The fraction of sp³-hybridized carbons (Fsp3) is 0.923. The smallest absolute Gasteiger partial charge is 0.309 e. The first kappa shape index (κ1) is 13.8. The van der Waals surface area contributed by atoms with E-state index in [1.54, 1.807) is 0 Å². The van der Waals surface area contributed by atoms with Crippen LogP contribution in [0.2, 0.25) is 25.7 Å². The molecule has 0 bridgehead atoms. The Balaban J connectivity index is 2.29.